The lowest BCUT2D eigenvalue weighted by Gasteiger charge is -2.20. The average Bonchev–Trinajstić information content (AvgIpc) is 2.62. The minimum Gasteiger partial charge on any atom is -0.354 e. The smallest absolute Gasteiger partial charge is 0.185 e. The summed E-state index contributed by atoms with van der Waals surface area (Å²) in [5.41, 5.74) is 1.38. The van der Waals surface area contributed by atoms with Crippen molar-refractivity contribution < 1.29 is 0 Å². The number of aromatic nitrogens is 1. The number of aryl methyl sites for hydroxylation is 1. The van der Waals surface area contributed by atoms with Crippen molar-refractivity contribution in [1.82, 2.24) is 4.98 Å². The van der Waals surface area contributed by atoms with E-state index in [0.717, 1.165) is 11.0 Å². The Bertz CT molecular complexity index is 324. The Morgan fingerprint density at radius 1 is 1.20 bits per heavy atom. The van der Waals surface area contributed by atoms with Crippen molar-refractivity contribution in [2.24, 2.45) is 0 Å². The first-order valence-corrected chi connectivity index (χ1v) is 6.65. The number of hydrogen-bond acceptors (Lipinski definition) is 3. The van der Waals surface area contributed by atoms with Crippen LogP contribution in [0.3, 0.4) is 0 Å². The van der Waals surface area contributed by atoms with Crippen molar-refractivity contribution >= 4 is 16.5 Å². The van der Waals surface area contributed by atoms with Gasteiger partial charge in [-0.05, 0) is 19.8 Å². The van der Waals surface area contributed by atoms with Gasteiger partial charge in [-0.3, -0.25) is 0 Å². The summed E-state index contributed by atoms with van der Waals surface area (Å²) in [7, 11) is 4.14. The molecular formula is C12H20N2S. The van der Waals surface area contributed by atoms with E-state index in [0.29, 0.717) is 0 Å². The summed E-state index contributed by atoms with van der Waals surface area (Å²) in [6.45, 7) is 2.22. The Kier molecular flexibility index (Phi) is 3.29. The molecule has 1 aliphatic carbocycles. The molecule has 0 aliphatic heterocycles. The molecule has 3 heteroatoms. The van der Waals surface area contributed by atoms with Crippen LogP contribution in [0, 0.1) is 6.92 Å². The van der Waals surface area contributed by atoms with Gasteiger partial charge in [0.2, 0.25) is 0 Å². The summed E-state index contributed by atoms with van der Waals surface area (Å²) in [6, 6.07) is 0. The van der Waals surface area contributed by atoms with Crippen LogP contribution in [0.4, 0.5) is 5.13 Å². The number of rotatable bonds is 2. The van der Waals surface area contributed by atoms with Crippen LogP contribution in [0.1, 0.15) is 48.6 Å². The van der Waals surface area contributed by atoms with Crippen molar-refractivity contribution in [2.45, 2.75) is 44.9 Å². The van der Waals surface area contributed by atoms with Gasteiger partial charge in [0.15, 0.2) is 5.13 Å². The fourth-order valence-electron chi connectivity index (χ4n) is 2.34. The van der Waals surface area contributed by atoms with E-state index in [9.17, 15) is 0 Å². The lowest BCUT2D eigenvalue weighted by atomic mass is 9.87. The second-order valence-electron chi connectivity index (χ2n) is 4.67. The van der Waals surface area contributed by atoms with Gasteiger partial charge in [-0.25, -0.2) is 4.98 Å². The Morgan fingerprint density at radius 3 is 2.40 bits per heavy atom. The van der Waals surface area contributed by atoms with E-state index in [1.165, 1.54) is 42.7 Å². The number of thiazole rings is 1. The zero-order chi connectivity index (χ0) is 10.8. The molecule has 15 heavy (non-hydrogen) atoms. The van der Waals surface area contributed by atoms with E-state index < -0.39 is 0 Å². The van der Waals surface area contributed by atoms with Crippen LogP contribution in [-0.2, 0) is 0 Å². The van der Waals surface area contributed by atoms with Gasteiger partial charge in [0.05, 0.1) is 5.69 Å². The van der Waals surface area contributed by atoms with Crippen molar-refractivity contribution in [2.75, 3.05) is 19.0 Å². The standard InChI is InChI=1S/C12H20N2S/c1-9-11(10-7-5-4-6-8-10)13-12(15-9)14(2)3/h10H,4-8H2,1-3H3. The normalized spacial score (nSPS) is 18.1. The maximum Gasteiger partial charge on any atom is 0.185 e. The monoisotopic (exact) mass is 224 g/mol. The zero-order valence-corrected chi connectivity index (χ0v) is 10.7. The number of nitrogens with zero attached hydrogens (tertiary/aromatic N) is 2. The van der Waals surface area contributed by atoms with Crippen molar-refractivity contribution in [3.63, 3.8) is 0 Å². The minimum absolute atomic E-state index is 0.740. The molecule has 0 atom stereocenters. The SMILES string of the molecule is Cc1sc(N(C)C)nc1C1CCCCC1. The molecule has 0 spiro atoms. The lowest BCUT2D eigenvalue weighted by Crippen LogP contribution is -2.09. The van der Waals surface area contributed by atoms with Gasteiger partial charge in [0.1, 0.15) is 0 Å². The Labute approximate surface area is 96.3 Å². The molecule has 1 aromatic heterocycles. The molecule has 1 aliphatic rings. The predicted octanol–water partition coefficient (Wildman–Crippen LogP) is 3.57. The average molecular weight is 224 g/mol. The summed E-state index contributed by atoms with van der Waals surface area (Å²) in [5.74, 6) is 0.740. The molecule has 1 saturated carbocycles. The zero-order valence-electron chi connectivity index (χ0n) is 9.92. The van der Waals surface area contributed by atoms with E-state index in [1.807, 2.05) is 11.3 Å². The number of hydrogen-bond donors (Lipinski definition) is 0. The van der Waals surface area contributed by atoms with Crippen LogP contribution >= 0.6 is 11.3 Å². The second kappa shape index (κ2) is 4.52. The van der Waals surface area contributed by atoms with E-state index >= 15 is 0 Å². The van der Waals surface area contributed by atoms with E-state index in [4.69, 9.17) is 4.98 Å². The summed E-state index contributed by atoms with van der Waals surface area (Å²) in [4.78, 5) is 8.31. The highest BCUT2D eigenvalue weighted by atomic mass is 32.1. The van der Waals surface area contributed by atoms with Gasteiger partial charge in [-0.1, -0.05) is 19.3 Å². The fourth-order valence-corrected chi connectivity index (χ4v) is 3.26. The largest absolute Gasteiger partial charge is 0.354 e. The Hall–Kier alpha value is -0.570. The van der Waals surface area contributed by atoms with E-state index in [2.05, 4.69) is 25.9 Å². The van der Waals surface area contributed by atoms with Crippen LogP contribution in [0.15, 0.2) is 0 Å². The fraction of sp³-hybridized carbons (Fsp3) is 0.750. The van der Waals surface area contributed by atoms with Crippen LogP contribution in [0.25, 0.3) is 0 Å². The first-order chi connectivity index (χ1) is 7.18. The lowest BCUT2D eigenvalue weighted by molar-refractivity contribution is 0.437. The quantitative estimate of drug-likeness (QED) is 0.763. The molecule has 0 unspecified atom stereocenters. The molecule has 0 N–H and O–H groups in total. The second-order valence-corrected chi connectivity index (χ2v) is 5.85. The topological polar surface area (TPSA) is 16.1 Å². The predicted molar refractivity (Wildman–Crippen MR) is 67.0 cm³/mol. The van der Waals surface area contributed by atoms with E-state index in [-0.39, 0.29) is 0 Å². The van der Waals surface area contributed by atoms with Crippen molar-refractivity contribution in [1.29, 1.82) is 0 Å². The van der Waals surface area contributed by atoms with Gasteiger partial charge in [0.25, 0.3) is 0 Å². The molecule has 0 saturated heterocycles. The third-order valence-corrected chi connectivity index (χ3v) is 4.35. The first-order valence-electron chi connectivity index (χ1n) is 5.83. The molecule has 0 amide bonds. The number of anilines is 1. The summed E-state index contributed by atoms with van der Waals surface area (Å²) in [6.07, 6.45) is 6.88. The highest BCUT2D eigenvalue weighted by Crippen LogP contribution is 2.37. The van der Waals surface area contributed by atoms with E-state index in [1.54, 1.807) is 0 Å². The third-order valence-electron chi connectivity index (χ3n) is 3.20. The van der Waals surface area contributed by atoms with Gasteiger partial charge in [-0.2, -0.15) is 0 Å². The summed E-state index contributed by atoms with van der Waals surface area (Å²) >= 11 is 1.83. The van der Waals surface area contributed by atoms with Gasteiger partial charge in [-0.15, -0.1) is 11.3 Å². The van der Waals surface area contributed by atoms with Crippen molar-refractivity contribution in [3.8, 4) is 0 Å². The highest BCUT2D eigenvalue weighted by molar-refractivity contribution is 7.15. The van der Waals surface area contributed by atoms with Gasteiger partial charge >= 0.3 is 0 Å². The van der Waals surface area contributed by atoms with Crippen LogP contribution in [-0.4, -0.2) is 19.1 Å². The molecule has 84 valence electrons. The summed E-state index contributed by atoms with van der Waals surface area (Å²) in [5, 5.41) is 1.16. The first kappa shape index (κ1) is 10.9. The van der Waals surface area contributed by atoms with Crippen LogP contribution in [0.5, 0.6) is 0 Å². The van der Waals surface area contributed by atoms with Crippen LogP contribution in [0.2, 0.25) is 0 Å². The molecule has 0 radical (unpaired) electrons. The summed E-state index contributed by atoms with van der Waals surface area (Å²) < 4.78 is 0. The maximum atomic E-state index is 4.78. The van der Waals surface area contributed by atoms with Crippen molar-refractivity contribution in [3.05, 3.63) is 10.6 Å². The molecule has 1 fully saturated rings. The molecule has 2 nitrogen and oxygen atoms in total. The minimum atomic E-state index is 0.740. The Balaban J connectivity index is 2.19. The maximum absolute atomic E-state index is 4.78. The molecule has 0 bridgehead atoms. The molecule has 1 heterocycles. The molecule has 1 aromatic rings. The Morgan fingerprint density at radius 2 is 1.87 bits per heavy atom. The molecule has 2 rings (SSSR count). The highest BCUT2D eigenvalue weighted by Gasteiger charge is 2.21. The van der Waals surface area contributed by atoms with Crippen LogP contribution < -0.4 is 4.90 Å². The van der Waals surface area contributed by atoms with Gasteiger partial charge in [0, 0.05) is 24.9 Å². The third kappa shape index (κ3) is 2.33. The van der Waals surface area contributed by atoms with Gasteiger partial charge < -0.3 is 4.90 Å². The molecule has 0 aromatic carbocycles. The molecular weight excluding hydrogens is 204 g/mol.